The van der Waals surface area contributed by atoms with Crippen LogP contribution in [0.2, 0.25) is 0 Å². The Morgan fingerprint density at radius 1 is 0.964 bits per heavy atom. The highest BCUT2D eigenvalue weighted by Crippen LogP contribution is 2.41. The van der Waals surface area contributed by atoms with E-state index in [2.05, 4.69) is 5.32 Å². The summed E-state index contributed by atoms with van der Waals surface area (Å²) in [5.74, 6) is 0. The van der Waals surface area contributed by atoms with Crippen molar-refractivity contribution in [2.24, 2.45) is 0 Å². The molecule has 164 valence electrons. The number of benzene rings is 1. The molecular weight excluding hydrogens is 429 g/mol. The number of hydrogen-bond acceptors (Lipinski definition) is 2. The average molecular weight is 455 g/mol. The lowest BCUT2D eigenvalue weighted by Gasteiger charge is -2.36. The van der Waals surface area contributed by atoms with E-state index >= 15 is 0 Å². The van der Waals surface area contributed by atoms with Crippen molar-refractivity contribution in [2.45, 2.75) is 51.0 Å². The number of rotatable bonds is 6. The van der Waals surface area contributed by atoms with Gasteiger partial charge in [-0.2, -0.15) is 26.3 Å². The van der Waals surface area contributed by atoms with E-state index in [1.54, 1.807) is 0 Å². The molecule has 0 aliphatic carbocycles. The number of halogens is 8. The van der Waals surface area contributed by atoms with Gasteiger partial charge < -0.3 is 5.32 Å². The van der Waals surface area contributed by atoms with Gasteiger partial charge >= 0.3 is 12.4 Å². The molecule has 10 heteroatoms. The van der Waals surface area contributed by atoms with E-state index < -0.39 is 29.5 Å². The fourth-order valence-corrected chi connectivity index (χ4v) is 3.38. The van der Waals surface area contributed by atoms with Gasteiger partial charge in [0.2, 0.25) is 0 Å². The molecule has 1 aromatic carbocycles. The zero-order chi connectivity index (χ0) is 19.4. The Hall–Kier alpha value is -0.700. The Kier molecular flexibility index (Phi) is 11.2. The minimum atomic E-state index is -4.83. The van der Waals surface area contributed by atoms with E-state index in [1.165, 1.54) is 0 Å². The van der Waals surface area contributed by atoms with Gasteiger partial charge in [0.1, 0.15) is 0 Å². The second-order valence-corrected chi connectivity index (χ2v) is 6.60. The van der Waals surface area contributed by atoms with Gasteiger partial charge in [0.15, 0.2) is 0 Å². The molecule has 1 heterocycles. The molecule has 0 bridgehead atoms. The average Bonchev–Trinajstić information content (AvgIpc) is 2.57. The number of hydrogen-bond donors (Lipinski definition) is 1. The van der Waals surface area contributed by atoms with Gasteiger partial charge in [-0.15, -0.1) is 24.8 Å². The van der Waals surface area contributed by atoms with E-state index in [1.807, 2.05) is 11.8 Å². The molecule has 0 aromatic heterocycles. The predicted octanol–water partition coefficient (Wildman–Crippen LogP) is 6.09. The maximum Gasteiger partial charge on any atom is 0.416 e. The number of nitrogens with one attached hydrogen (secondary N) is 1. The summed E-state index contributed by atoms with van der Waals surface area (Å²) in [7, 11) is 0. The van der Waals surface area contributed by atoms with Gasteiger partial charge in [0, 0.05) is 32.2 Å². The second-order valence-electron chi connectivity index (χ2n) is 6.60. The third-order valence-corrected chi connectivity index (χ3v) is 4.72. The summed E-state index contributed by atoms with van der Waals surface area (Å²) in [6, 6.07) is 1.51. The lowest BCUT2D eigenvalue weighted by Crippen LogP contribution is -2.45. The summed E-state index contributed by atoms with van der Waals surface area (Å²) in [5.41, 5.74) is -2.49. The van der Waals surface area contributed by atoms with Gasteiger partial charge in [-0.1, -0.05) is 32.3 Å². The Bertz CT molecular complexity index is 586. The molecule has 0 spiro atoms. The molecule has 1 saturated heterocycles. The van der Waals surface area contributed by atoms with Gasteiger partial charge in [-0.25, -0.2) is 0 Å². The summed E-state index contributed by atoms with van der Waals surface area (Å²) in [4.78, 5) is 1.95. The second kappa shape index (κ2) is 11.5. The first-order valence-electron chi connectivity index (χ1n) is 8.87. The fraction of sp³-hybridized carbons (Fsp3) is 0.667. The molecule has 1 aliphatic heterocycles. The lowest BCUT2D eigenvalue weighted by molar-refractivity contribution is -0.143. The topological polar surface area (TPSA) is 15.3 Å². The van der Waals surface area contributed by atoms with Crippen LogP contribution in [0.3, 0.4) is 0 Å². The molecule has 28 heavy (non-hydrogen) atoms. The molecule has 0 radical (unpaired) electrons. The van der Waals surface area contributed by atoms with Crippen LogP contribution >= 0.6 is 24.8 Å². The highest BCUT2D eigenvalue weighted by molar-refractivity contribution is 5.85. The normalized spacial score (nSPS) is 16.8. The molecule has 0 unspecified atom stereocenters. The molecule has 1 aliphatic rings. The van der Waals surface area contributed by atoms with Crippen LogP contribution in [0.5, 0.6) is 0 Å². The Morgan fingerprint density at radius 3 is 2.07 bits per heavy atom. The van der Waals surface area contributed by atoms with Crippen LogP contribution < -0.4 is 5.32 Å². The first-order chi connectivity index (χ1) is 12.1. The summed E-state index contributed by atoms with van der Waals surface area (Å²) in [6.07, 6.45) is -6.58. The van der Waals surface area contributed by atoms with Crippen molar-refractivity contribution in [3.63, 3.8) is 0 Å². The minimum absolute atomic E-state index is 0. The summed E-state index contributed by atoms with van der Waals surface area (Å²) in [5, 5.41) is 3.15. The van der Waals surface area contributed by atoms with Crippen LogP contribution in [0.4, 0.5) is 26.3 Å². The molecular formula is C18H26Cl2F6N2. The van der Waals surface area contributed by atoms with Gasteiger partial charge in [-0.3, -0.25) is 4.90 Å². The molecule has 2 rings (SSSR count). The number of unbranched alkanes of at least 4 members (excludes halogenated alkanes) is 2. The van der Waals surface area contributed by atoms with Crippen LogP contribution in [-0.2, 0) is 12.4 Å². The first-order valence-corrected chi connectivity index (χ1v) is 8.87. The van der Waals surface area contributed by atoms with E-state index in [9.17, 15) is 26.3 Å². The quantitative estimate of drug-likeness (QED) is 0.412. The van der Waals surface area contributed by atoms with Gasteiger partial charge in [-0.05, 0) is 24.1 Å². The molecule has 1 N–H and O–H groups in total. The van der Waals surface area contributed by atoms with Crippen LogP contribution in [0.25, 0.3) is 0 Å². The fourth-order valence-electron chi connectivity index (χ4n) is 3.38. The molecule has 1 aromatic rings. The Morgan fingerprint density at radius 2 is 1.57 bits per heavy atom. The van der Waals surface area contributed by atoms with Crippen molar-refractivity contribution >= 4 is 24.8 Å². The zero-order valence-corrected chi connectivity index (χ0v) is 17.1. The van der Waals surface area contributed by atoms with E-state index in [0.717, 1.165) is 31.4 Å². The monoisotopic (exact) mass is 454 g/mol. The van der Waals surface area contributed by atoms with Crippen LogP contribution in [0.1, 0.15) is 55.3 Å². The molecule has 0 amide bonds. The first kappa shape index (κ1) is 27.3. The molecule has 2 nitrogen and oxygen atoms in total. The smallest absolute Gasteiger partial charge is 0.314 e. The SMILES string of the molecule is CCCCC[C@H](c1ccc(C(F)(F)F)cc1C(F)(F)F)N1CCNCC1.Cl.Cl. The highest BCUT2D eigenvalue weighted by atomic mass is 35.5. The molecule has 1 fully saturated rings. The maximum atomic E-state index is 13.5. The van der Waals surface area contributed by atoms with Crippen molar-refractivity contribution in [2.75, 3.05) is 26.2 Å². The molecule has 0 saturated carbocycles. The number of alkyl halides is 6. The van der Waals surface area contributed by atoms with E-state index in [-0.39, 0.29) is 36.4 Å². The maximum absolute atomic E-state index is 13.5. The number of nitrogens with zero attached hydrogens (tertiary/aromatic N) is 1. The third kappa shape index (κ3) is 7.28. The zero-order valence-electron chi connectivity index (χ0n) is 15.5. The van der Waals surface area contributed by atoms with Crippen molar-refractivity contribution in [3.05, 3.63) is 34.9 Å². The predicted molar refractivity (Wildman–Crippen MR) is 102 cm³/mol. The van der Waals surface area contributed by atoms with Crippen molar-refractivity contribution in [1.82, 2.24) is 10.2 Å². The number of piperazine rings is 1. The summed E-state index contributed by atoms with van der Waals surface area (Å²) >= 11 is 0. The highest BCUT2D eigenvalue weighted by Gasteiger charge is 2.40. The lowest BCUT2D eigenvalue weighted by atomic mass is 9.92. The molecule has 1 atom stereocenters. The largest absolute Gasteiger partial charge is 0.416 e. The van der Waals surface area contributed by atoms with Gasteiger partial charge in [0.25, 0.3) is 0 Å². The van der Waals surface area contributed by atoms with Crippen molar-refractivity contribution < 1.29 is 26.3 Å². The standard InChI is InChI=1S/C18H24F6N2.2ClH/c1-2-3-4-5-16(26-10-8-25-9-11-26)14-7-6-13(17(19,20)21)12-15(14)18(22,23)24;;/h6-7,12,16,25H,2-5,8-11H2,1H3;2*1H/t16-;;/m1../s1. The third-order valence-electron chi connectivity index (χ3n) is 4.72. The van der Waals surface area contributed by atoms with Gasteiger partial charge in [0.05, 0.1) is 11.1 Å². The van der Waals surface area contributed by atoms with Crippen LogP contribution in [-0.4, -0.2) is 31.1 Å². The van der Waals surface area contributed by atoms with E-state index in [4.69, 9.17) is 0 Å². The minimum Gasteiger partial charge on any atom is -0.314 e. The Balaban J connectivity index is 0.00000364. The van der Waals surface area contributed by atoms with E-state index in [0.29, 0.717) is 32.6 Å². The van der Waals surface area contributed by atoms with Crippen molar-refractivity contribution in [3.8, 4) is 0 Å². The van der Waals surface area contributed by atoms with Crippen LogP contribution in [0.15, 0.2) is 18.2 Å². The Labute approximate surface area is 173 Å². The summed E-state index contributed by atoms with van der Waals surface area (Å²) < 4.78 is 79.3. The van der Waals surface area contributed by atoms with Crippen molar-refractivity contribution in [1.29, 1.82) is 0 Å². The summed E-state index contributed by atoms with van der Waals surface area (Å²) in [6.45, 7) is 4.47. The van der Waals surface area contributed by atoms with Crippen LogP contribution in [0, 0.1) is 0 Å².